The molecule has 0 unspecified atom stereocenters. The Morgan fingerprint density at radius 2 is 1.83 bits per heavy atom. The lowest BCUT2D eigenvalue weighted by Crippen LogP contribution is -2.36. The van der Waals surface area contributed by atoms with Crippen LogP contribution >= 0.6 is 11.8 Å². The molecule has 2 amide bonds. The Hall–Kier alpha value is -4.34. The van der Waals surface area contributed by atoms with Crippen molar-refractivity contribution in [2.24, 2.45) is 4.99 Å². The van der Waals surface area contributed by atoms with Gasteiger partial charge in [-0.1, -0.05) is 30.3 Å². The minimum absolute atomic E-state index is 0.104. The van der Waals surface area contributed by atoms with E-state index in [1.807, 2.05) is 84.4 Å². The van der Waals surface area contributed by atoms with E-state index in [1.54, 1.807) is 11.9 Å². The highest BCUT2D eigenvalue weighted by molar-refractivity contribution is 8.18. The number of likely N-dealkylation sites (N-methyl/N-ethyl adjacent to an activating group) is 1. The molecular weight excluding hydrogens is 534 g/mol. The number of amides is 2. The van der Waals surface area contributed by atoms with Crippen LogP contribution in [0.2, 0.25) is 0 Å². The molecule has 2 saturated heterocycles. The number of fused-ring (bicyclic) bond motifs is 1. The summed E-state index contributed by atoms with van der Waals surface area (Å²) in [5.74, 6) is -0.219. The number of morpholine rings is 1. The second kappa shape index (κ2) is 11.6. The van der Waals surface area contributed by atoms with Crippen LogP contribution in [0.3, 0.4) is 0 Å². The topological polar surface area (TPSA) is 79.2 Å². The van der Waals surface area contributed by atoms with Gasteiger partial charge in [-0.2, -0.15) is 0 Å². The first-order valence-corrected chi connectivity index (χ1v) is 14.4. The Labute approximate surface area is 243 Å². The summed E-state index contributed by atoms with van der Waals surface area (Å²) in [6.07, 6.45) is 3.83. The normalized spacial score (nSPS) is 17.7. The Morgan fingerprint density at radius 1 is 1.05 bits per heavy atom. The fourth-order valence-corrected chi connectivity index (χ4v) is 6.04. The third kappa shape index (κ3) is 5.91. The fraction of sp³-hybridized carbons (Fsp3) is 0.219. The van der Waals surface area contributed by atoms with Crippen molar-refractivity contribution in [1.29, 1.82) is 0 Å². The van der Waals surface area contributed by atoms with E-state index >= 15 is 0 Å². The third-order valence-electron chi connectivity index (χ3n) is 7.18. The van der Waals surface area contributed by atoms with Gasteiger partial charge in [0.1, 0.15) is 6.54 Å². The minimum atomic E-state index is -0.115. The van der Waals surface area contributed by atoms with Gasteiger partial charge in [0.25, 0.3) is 5.91 Å². The lowest BCUT2D eigenvalue weighted by molar-refractivity contribution is -0.121. The maximum Gasteiger partial charge on any atom is 0.266 e. The first-order chi connectivity index (χ1) is 19.9. The first-order valence-electron chi connectivity index (χ1n) is 13.6. The second-order valence-corrected chi connectivity index (χ2v) is 11.1. The lowest BCUT2D eigenvalue weighted by atomic mass is 10.1. The van der Waals surface area contributed by atoms with Gasteiger partial charge in [-0.05, 0) is 72.8 Å². The van der Waals surface area contributed by atoms with E-state index in [-0.39, 0.29) is 18.4 Å². The molecule has 8 nitrogen and oxygen atoms in total. The van der Waals surface area contributed by atoms with Crippen LogP contribution in [0, 0.1) is 6.92 Å². The van der Waals surface area contributed by atoms with Crippen molar-refractivity contribution < 1.29 is 14.3 Å². The van der Waals surface area contributed by atoms with Gasteiger partial charge in [0, 0.05) is 54.2 Å². The molecule has 4 aromatic rings. The number of rotatable bonds is 6. The SMILES string of the molecule is Cc1cccc(NC(=O)Cn2cc(C=C3SC(=Nc4ccc(N5CCOCC5)cc4)N(C)C3=O)c3ccccc32)c1. The summed E-state index contributed by atoms with van der Waals surface area (Å²) in [4.78, 5) is 35.3. The molecule has 0 saturated carbocycles. The second-order valence-electron chi connectivity index (χ2n) is 10.1. The number of ether oxygens (including phenoxy) is 1. The predicted molar refractivity (Wildman–Crippen MR) is 167 cm³/mol. The maximum absolute atomic E-state index is 13.2. The van der Waals surface area contributed by atoms with Crippen LogP contribution < -0.4 is 10.2 Å². The molecule has 1 aromatic heterocycles. The fourth-order valence-electron chi connectivity index (χ4n) is 5.06. The number of amidine groups is 1. The number of aliphatic imine (C=N–C) groups is 1. The number of para-hydroxylation sites is 1. The monoisotopic (exact) mass is 565 g/mol. The van der Waals surface area contributed by atoms with Crippen LogP contribution in [-0.4, -0.2) is 59.8 Å². The molecular formula is C32H31N5O3S. The Kier molecular flexibility index (Phi) is 7.63. The van der Waals surface area contributed by atoms with Crippen LogP contribution in [-0.2, 0) is 20.9 Å². The summed E-state index contributed by atoms with van der Waals surface area (Å²) in [6.45, 7) is 5.38. The molecule has 2 aliphatic heterocycles. The van der Waals surface area contributed by atoms with Gasteiger partial charge in [0.15, 0.2) is 5.17 Å². The number of thioether (sulfide) groups is 1. The molecule has 9 heteroatoms. The molecule has 0 spiro atoms. The van der Waals surface area contributed by atoms with Crippen LogP contribution in [0.15, 0.2) is 88.9 Å². The number of carbonyl (C=O) groups excluding carboxylic acids is 2. The van der Waals surface area contributed by atoms with E-state index in [1.165, 1.54) is 11.8 Å². The predicted octanol–water partition coefficient (Wildman–Crippen LogP) is 5.66. The van der Waals surface area contributed by atoms with Crippen molar-refractivity contribution in [3.05, 3.63) is 95.0 Å². The van der Waals surface area contributed by atoms with E-state index in [0.717, 1.165) is 65.4 Å². The summed E-state index contributed by atoms with van der Waals surface area (Å²) >= 11 is 1.36. The average molecular weight is 566 g/mol. The van der Waals surface area contributed by atoms with E-state index in [2.05, 4.69) is 22.3 Å². The molecule has 2 fully saturated rings. The molecule has 41 heavy (non-hydrogen) atoms. The van der Waals surface area contributed by atoms with Crippen molar-refractivity contribution in [3.8, 4) is 0 Å². The lowest BCUT2D eigenvalue weighted by Gasteiger charge is -2.28. The molecule has 0 aliphatic carbocycles. The van der Waals surface area contributed by atoms with Gasteiger partial charge in [0.05, 0.1) is 23.8 Å². The van der Waals surface area contributed by atoms with Gasteiger partial charge >= 0.3 is 0 Å². The molecule has 208 valence electrons. The van der Waals surface area contributed by atoms with Crippen molar-refractivity contribution in [3.63, 3.8) is 0 Å². The molecule has 0 atom stereocenters. The number of nitrogens with one attached hydrogen (secondary N) is 1. The molecule has 6 rings (SSSR count). The van der Waals surface area contributed by atoms with E-state index in [0.29, 0.717) is 10.1 Å². The molecule has 3 aromatic carbocycles. The Balaban J connectivity index is 1.22. The number of aromatic nitrogens is 1. The van der Waals surface area contributed by atoms with E-state index < -0.39 is 0 Å². The number of anilines is 2. The summed E-state index contributed by atoms with van der Waals surface area (Å²) in [5.41, 5.74) is 5.60. The van der Waals surface area contributed by atoms with Crippen LogP contribution in [0.4, 0.5) is 17.1 Å². The molecule has 3 heterocycles. The van der Waals surface area contributed by atoms with Crippen LogP contribution in [0.5, 0.6) is 0 Å². The minimum Gasteiger partial charge on any atom is -0.378 e. The highest BCUT2D eigenvalue weighted by atomic mass is 32.2. The molecule has 0 bridgehead atoms. The highest BCUT2D eigenvalue weighted by Crippen LogP contribution is 2.35. The van der Waals surface area contributed by atoms with Crippen molar-refractivity contribution in [1.82, 2.24) is 9.47 Å². The number of hydrogen-bond donors (Lipinski definition) is 1. The molecule has 2 aliphatic rings. The summed E-state index contributed by atoms with van der Waals surface area (Å²) < 4.78 is 7.37. The van der Waals surface area contributed by atoms with Crippen LogP contribution in [0.25, 0.3) is 17.0 Å². The zero-order valence-electron chi connectivity index (χ0n) is 23.0. The number of aryl methyl sites for hydroxylation is 1. The zero-order chi connectivity index (χ0) is 28.3. The number of benzene rings is 3. The summed E-state index contributed by atoms with van der Waals surface area (Å²) in [6, 6.07) is 23.7. The van der Waals surface area contributed by atoms with Gasteiger partial charge in [-0.15, -0.1) is 0 Å². The van der Waals surface area contributed by atoms with Crippen molar-refractivity contribution in [2.45, 2.75) is 13.5 Å². The van der Waals surface area contributed by atoms with E-state index in [4.69, 9.17) is 9.73 Å². The largest absolute Gasteiger partial charge is 0.378 e. The van der Waals surface area contributed by atoms with Gasteiger partial charge in [0.2, 0.25) is 5.91 Å². The molecule has 1 N–H and O–H groups in total. The van der Waals surface area contributed by atoms with Gasteiger partial charge in [-0.3, -0.25) is 14.5 Å². The smallest absolute Gasteiger partial charge is 0.266 e. The summed E-state index contributed by atoms with van der Waals surface area (Å²) in [7, 11) is 1.75. The number of nitrogens with zero attached hydrogens (tertiary/aromatic N) is 4. The first kappa shape index (κ1) is 26.9. The third-order valence-corrected chi connectivity index (χ3v) is 8.24. The molecule has 0 radical (unpaired) electrons. The number of carbonyl (C=O) groups is 2. The van der Waals surface area contributed by atoms with Gasteiger partial charge < -0.3 is 19.5 Å². The van der Waals surface area contributed by atoms with Crippen molar-refractivity contribution in [2.75, 3.05) is 43.6 Å². The van der Waals surface area contributed by atoms with Crippen LogP contribution in [0.1, 0.15) is 11.1 Å². The number of hydrogen-bond acceptors (Lipinski definition) is 6. The zero-order valence-corrected chi connectivity index (χ0v) is 23.9. The van der Waals surface area contributed by atoms with Gasteiger partial charge in [-0.25, -0.2) is 4.99 Å². The summed E-state index contributed by atoms with van der Waals surface area (Å²) in [5, 5.41) is 4.58. The standard InChI is InChI=1S/C32H31N5O3S/c1-22-6-5-7-25(18-22)33-30(38)21-37-20-23(27-8-3-4-9-28(27)37)19-29-31(39)35(2)32(41-29)34-24-10-12-26(13-11-24)36-14-16-40-17-15-36/h3-13,18-20H,14-17,21H2,1-2H3,(H,33,38). The highest BCUT2D eigenvalue weighted by Gasteiger charge is 2.30. The maximum atomic E-state index is 13.2. The average Bonchev–Trinajstić information content (AvgIpc) is 3.45. The Morgan fingerprint density at radius 3 is 2.61 bits per heavy atom. The quantitative estimate of drug-likeness (QED) is 0.305. The van der Waals surface area contributed by atoms with E-state index in [9.17, 15) is 9.59 Å². The van der Waals surface area contributed by atoms with Crippen molar-refractivity contribution >= 4 is 62.8 Å². The Bertz CT molecular complexity index is 1670.